The maximum Gasteiger partial charge on any atom is 0.222 e. The highest BCUT2D eigenvalue weighted by Crippen LogP contribution is 2.27. The van der Waals surface area contributed by atoms with Gasteiger partial charge in [-0.1, -0.05) is 18.2 Å². The molecule has 1 fully saturated rings. The number of piperidine rings is 1. The van der Waals surface area contributed by atoms with Gasteiger partial charge in [-0.05, 0) is 56.9 Å². The number of aromatic nitrogens is 1. The van der Waals surface area contributed by atoms with Crippen LogP contribution in [0.5, 0.6) is 5.75 Å². The lowest BCUT2D eigenvalue weighted by Gasteiger charge is -2.34. The van der Waals surface area contributed by atoms with Crippen LogP contribution in [0.3, 0.4) is 0 Å². The Hall–Kier alpha value is -2.23. The molecule has 0 spiro atoms. The molecule has 2 heterocycles. The van der Waals surface area contributed by atoms with Gasteiger partial charge in [0.15, 0.2) is 0 Å². The predicted molar refractivity (Wildman–Crippen MR) is 100 cm³/mol. The Kier molecular flexibility index (Phi) is 5.47. The first-order valence-corrected chi connectivity index (χ1v) is 9.14. The Balaban J connectivity index is 1.53. The van der Waals surface area contributed by atoms with E-state index in [0.29, 0.717) is 12.5 Å². The molecule has 4 heteroatoms. The minimum atomic E-state index is 0.255. The van der Waals surface area contributed by atoms with Crippen molar-refractivity contribution in [2.75, 3.05) is 20.2 Å². The summed E-state index contributed by atoms with van der Waals surface area (Å²) in [7, 11) is 1.68. The van der Waals surface area contributed by atoms with Crippen molar-refractivity contribution in [1.82, 2.24) is 9.47 Å². The van der Waals surface area contributed by atoms with Crippen LogP contribution in [0.15, 0.2) is 36.4 Å². The number of para-hydroxylation sites is 1. The third-order valence-corrected chi connectivity index (χ3v) is 5.31. The highest BCUT2D eigenvalue weighted by Gasteiger charge is 2.24. The first kappa shape index (κ1) is 17.6. The van der Waals surface area contributed by atoms with Crippen LogP contribution >= 0.6 is 0 Å². The van der Waals surface area contributed by atoms with Crippen molar-refractivity contribution in [3.63, 3.8) is 0 Å². The fourth-order valence-electron chi connectivity index (χ4n) is 3.94. The molecule has 0 unspecified atom stereocenters. The van der Waals surface area contributed by atoms with Gasteiger partial charge in [-0.25, -0.2) is 0 Å². The maximum atomic E-state index is 12.6. The van der Waals surface area contributed by atoms with Crippen LogP contribution in [-0.2, 0) is 11.2 Å². The van der Waals surface area contributed by atoms with E-state index < -0.39 is 0 Å². The molecule has 25 heavy (non-hydrogen) atoms. The van der Waals surface area contributed by atoms with Gasteiger partial charge >= 0.3 is 0 Å². The number of hydrogen-bond acceptors (Lipinski definition) is 2. The zero-order chi connectivity index (χ0) is 17.8. The predicted octanol–water partition coefficient (Wildman–Crippen LogP) is 3.91. The van der Waals surface area contributed by atoms with Crippen molar-refractivity contribution in [1.29, 1.82) is 0 Å². The lowest BCUT2D eigenvalue weighted by atomic mass is 10.0. The van der Waals surface area contributed by atoms with Crippen LogP contribution in [0.4, 0.5) is 0 Å². The molecule has 0 aliphatic carbocycles. The first-order valence-electron chi connectivity index (χ1n) is 9.14. The van der Waals surface area contributed by atoms with E-state index in [-0.39, 0.29) is 5.91 Å². The van der Waals surface area contributed by atoms with Gasteiger partial charge in [-0.3, -0.25) is 4.79 Å². The Morgan fingerprint density at radius 3 is 2.36 bits per heavy atom. The van der Waals surface area contributed by atoms with E-state index in [1.165, 1.54) is 11.4 Å². The number of rotatable bonds is 5. The van der Waals surface area contributed by atoms with Crippen LogP contribution in [0.1, 0.15) is 42.3 Å². The minimum absolute atomic E-state index is 0.255. The molecule has 3 rings (SSSR count). The number of carbonyl (C=O) groups excluding carboxylic acids is 1. The van der Waals surface area contributed by atoms with Gasteiger partial charge in [0.05, 0.1) is 7.11 Å². The molecule has 1 aliphatic rings. The zero-order valence-corrected chi connectivity index (χ0v) is 15.5. The molecule has 1 amide bonds. The molecule has 1 aromatic carbocycles. The number of methoxy groups -OCH3 is 1. The van der Waals surface area contributed by atoms with Gasteiger partial charge in [0.25, 0.3) is 0 Å². The molecule has 134 valence electrons. The lowest BCUT2D eigenvalue weighted by molar-refractivity contribution is -0.132. The van der Waals surface area contributed by atoms with Gasteiger partial charge in [0, 0.05) is 36.9 Å². The molecule has 2 aromatic rings. The molecular formula is C21H28N2O2. The lowest BCUT2D eigenvalue weighted by Crippen LogP contribution is -2.39. The Bertz CT molecular complexity index is 708. The van der Waals surface area contributed by atoms with Crippen LogP contribution in [-0.4, -0.2) is 35.6 Å². The molecule has 1 aromatic heterocycles. The molecule has 0 atom stereocenters. The van der Waals surface area contributed by atoms with E-state index in [2.05, 4.69) is 30.5 Å². The summed E-state index contributed by atoms with van der Waals surface area (Å²) in [6.07, 6.45) is 3.36. The monoisotopic (exact) mass is 340 g/mol. The van der Waals surface area contributed by atoms with Gasteiger partial charge in [-0.15, -0.1) is 0 Å². The third-order valence-electron chi connectivity index (χ3n) is 5.31. The number of aryl methyl sites for hydroxylation is 3. The number of amides is 1. The molecular weight excluding hydrogens is 312 g/mol. The quantitative estimate of drug-likeness (QED) is 0.827. The number of carbonyl (C=O) groups is 1. The SMILES string of the molecule is COc1ccccc1CCC(=O)N1CCC(n2c(C)ccc2C)CC1. The first-order chi connectivity index (χ1) is 12.1. The summed E-state index contributed by atoms with van der Waals surface area (Å²) in [5.41, 5.74) is 3.74. The Morgan fingerprint density at radius 1 is 1.08 bits per heavy atom. The van der Waals surface area contributed by atoms with Crippen molar-refractivity contribution in [2.24, 2.45) is 0 Å². The van der Waals surface area contributed by atoms with Gasteiger partial charge in [-0.2, -0.15) is 0 Å². The average molecular weight is 340 g/mol. The zero-order valence-electron chi connectivity index (χ0n) is 15.5. The third kappa shape index (κ3) is 3.89. The maximum absolute atomic E-state index is 12.6. The fraction of sp³-hybridized carbons (Fsp3) is 0.476. The smallest absolute Gasteiger partial charge is 0.222 e. The molecule has 0 radical (unpaired) electrons. The summed E-state index contributed by atoms with van der Waals surface area (Å²) in [6.45, 7) is 6.04. The number of likely N-dealkylation sites (tertiary alicyclic amines) is 1. The van der Waals surface area contributed by atoms with E-state index >= 15 is 0 Å². The number of hydrogen-bond donors (Lipinski definition) is 0. The highest BCUT2D eigenvalue weighted by atomic mass is 16.5. The van der Waals surface area contributed by atoms with Crippen molar-refractivity contribution in [3.05, 3.63) is 53.3 Å². The van der Waals surface area contributed by atoms with Crippen LogP contribution in [0, 0.1) is 13.8 Å². The summed E-state index contributed by atoms with van der Waals surface area (Å²) in [6, 6.07) is 12.8. The number of nitrogens with zero attached hydrogens (tertiary/aromatic N) is 2. The largest absolute Gasteiger partial charge is 0.496 e. The number of ether oxygens (including phenoxy) is 1. The highest BCUT2D eigenvalue weighted by molar-refractivity contribution is 5.76. The molecule has 0 saturated carbocycles. The second kappa shape index (κ2) is 7.77. The van der Waals surface area contributed by atoms with Gasteiger partial charge in [0.1, 0.15) is 5.75 Å². The summed E-state index contributed by atoms with van der Waals surface area (Å²) >= 11 is 0. The van der Waals surface area contributed by atoms with Crippen LogP contribution in [0.25, 0.3) is 0 Å². The van der Waals surface area contributed by atoms with Gasteiger partial charge in [0.2, 0.25) is 5.91 Å². The molecule has 0 N–H and O–H groups in total. The summed E-state index contributed by atoms with van der Waals surface area (Å²) in [4.78, 5) is 14.6. The van der Waals surface area contributed by atoms with Crippen LogP contribution in [0.2, 0.25) is 0 Å². The molecule has 4 nitrogen and oxygen atoms in total. The van der Waals surface area contributed by atoms with E-state index in [4.69, 9.17) is 4.74 Å². The summed E-state index contributed by atoms with van der Waals surface area (Å²) in [5, 5.41) is 0. The van der Waals surface area contributed by atoms with E-state index in [0.717, 1.165) is 43.7 Å². The van der Waals surface area contributed by atoms with E-state index in [1.54, 1.807) is 7.11 Å². The molecule has 0 bridgehead atoms. The van der Waals surface area contributed by atoms with E-state index in [9.17, 15) is 4.79 Å². The molecule has 1 aliphatic heterocycles. The van der Waals surface area contributed by atoms with Gasteiger partial charge < -0.3 is 14.2 Å². The second-order valence-corrected chi connectivity index (χ2v) is 6.91. The van der Waals surface area contributed by atoms with Crippen molar-refractivity contribution >= 4 is 5.91 Å². The van der Waals surface area contributed by atoms with Crippen molar-refractivity contribution in [3.8, 4) is 5.75 Å². The van der Waals surface area contributed by atoms with Crippen molar-refractivity contribution < 1.29 is 9.53 Å². The van der Waals surface area contributed by atoms with E-state index in [1.807, 2.05) is 29.2 Å². The fourth-order valence-corrected chi connectivity index (χ4v) is 3.94. The number of benzene rings is 1. The topological polar surface area (TPSA) is 34.5 Å². The minimum Gasteiger partial charge on any atom is -0.496 e. The Labute approximate surface area is 150 Å². The second-order valence-electron chi connectivity index (χ2n) is 6.91. The van der Waals surface area contributed by atoms with Crippen molar-refractivity contribution in [2.45, 2.75) is 45.6 Å². The Morgan fingerprint density at radius 2 is 1.72 bits per heavy atom. The van der Waals surface area contributed by atoms with Crippen LogP contribution < -0.4 is 4.74 Å². The normalized spacial score (nSPS) is 15.4. The average Bonchev–Trinajstić information content (AvgIpc) is 2.98. The summed E-state index contributed by atoms with van der Waals surface area (Å²) < 4.78 is 7.80. The standard InChI is InChI=1S/C21H28N2O2/c1-16-8-9-17(2)23(16)19-12-14-22(15-13-19)21(24)11-10-18-6-4-5-7-20(18)25-3/h4-9,19H,10-15H2,1-3H3. The molecule has 1 saturated heterocycles. The summed E-state index contributed by atoms with van der Waals surface area (Å²) in [5.74, 6) is 1.12.